The van der Waals surface area contributed by atoms with Gasteiger partial charge in [0, 0.05) is 18.6 Å². The zero-order valence-corrected chi connectivity index (χ0v) is 12.9. The molecular formula is C17H24N2O2. The number of fused-ring (bicyclic) bond motifs is 1. The van der Waals surface area contributed by atoms with Crippen LogP contribution >= 0.6 is 0 Å². The molecule has 0 spiro atoms. The predicted molar refractivity (Wildman–Crippen MR) is 84.1 cm³/mol. The SMILES string of the molecule is COc1cc2nc(CCC3CCCCC3)[nH]c2cc1OC. The Morgan fingerprint density at radius 2 is 1.81 bits per heavy atom. The molecule has 0 saturated heterocycles. The zero-order chi connectivity index (χ0) is 14.7. The van der Waals surface area contributed by atoms with Crippen molar-refractivity contribution < 1.29 is 9.47 Å². The van der Waals surface area contributed by atoms with Crippen molar-refractivity contribution in [3.63, 3.8) is 0 Å². The molecule has 1 saturated carbocycles. The van der Waals surface area contributed by atoms with E-state index in [1.807, 2.05) is 12.1 Å². The van der Waals surface area contributed by atoms with Crippen molar-refractivity contribution in [2.45, 2.75) is 44.9 Å². The lowest BCUT2D eigenvalue weighted by Crippen LogP contribution is -2.07. The quantitative estimate of drug-likeness (QED) is 0.901. The fourth-order valence-electron chi connectivity index (χ4n) is 3.32. The number of aromatic nitrogens is 2. The van der Waals surface area contributed by atoms with E-state index in [-0.39, 0.29) is 0 Å². The summed E-state index contributed by atoms with van der Waals surface area (Å²) in [7, 11) is 3.31. The van der Waals surface area contributed by atoms with E-state index in [1.165, 1.54) is 38.5 Å². The van der Waals surface area contributed by atoms with Crippen molar-refractivity contribution >= 4 is 11.0 Å². The molecule has 2 aromatic rings. The molecule has 0 amide bonds. The lowest BCUT2D eigenvalue weighted by molar-refractivity contribution is 0.337. The predicted octanol–water partition coefficient (Wildman–Crippen LogP) is 4.09. The second kappa shape index (κ2) is 6.37. The highest BCUT2D eigenvalue weighted by atomic mass is 16.5. The molecule has 1 fully saturated rings. The fraction of sp³-hybridized carbons (Fsp3) is 0.588. The van der Waals surface area contributed by atoms with Gasteiger partial charge in [-0.3, -0.25) is 0 Å². The van der Waals surface area contributed by atoms with Gasteiger partial charge in [-0.1, -0.05) is 32.1 Å². The zero-order valence-electron chi connectivity index (χ0n) is 12.9. The van der Waals surface area contributed by atoms with Gasteiger partial charge >= 0.3 is 0 Å². The van der Waals surface area contributed by atoms with Crippen LogP contribution < -0.4 is 9.47 Å². The van der Waals surface area contributed by atoms with Gasteiger partial charge in [-0.05, 0) is 12.3 Å². The summed E-state index contributed by atoms with van der Waals surface area (Å²) in [5, 5.41) is 0. The molecular weight excluding hydrogens is 264 g/mol. The fourth-order valence-corrected chi connectivity index (χ4v) is 3.32. The maximum atomic E-state index is 5.34. The number of rotatable bonds is 5. The Labute approximate surface area is 125 Å². The number of aryl methyl sites for hydroxylation is 1. The van der Waals surface area contributed by atoms with E-state index in [0.717, 1.165) is 40.7 Å². The standard InChI is InChI=1S/C17H24N2O2/c1-20-15-10-13-14(11-16(15)21-2)19-17(18-13)9-8-12-6-4-3-5-7-12/h10-12H,3-9H2,1-2H3,(H,18,19). The molecule has 21 heavy (non-hydrogen) atoms. The van der Waals surface area contributed by atoms with Gasteiger partial charge in [-0.25, -0.2) is 4.98 Å². The Bertz CT molecular complexity index is 559. The minimum atomic E-state index is 0.732. The third-order valence-electron chi connectivity index (χ3n) is 4.55. The number of H-pyrrole nitrogens is 1. The van der Waals surface area contributed by atoms with Crippen molar-refractivity contribution in [1.82, 2.24) is 9.97 Å². The summed E-state index contributed by atoms with van der Waals surface area (Å²) in [5.74, 6) is 3.43. The molecule has 1 aromatic heterocycles. The average molecular weight is 288 g/mol. The number of hydrogen-bond acceptors (Lipinski definition) is 3. The normalized spacial score (nSPS) is 16.3. The van der Waals surface area contributed by atoms with E-state index < -0.39 is 0 Å². The first-order valence-electron chi connectivity index (χ1n) is 7.90. The molecule has 0 radical (unpaired) electrons. The van der Waals surface area contributed by atoms with Crippen LogP contribution in [0.4, 0.5) is 0 Å². The molecule has 0 unspecified atom stereocenters. The van der Waals surface area contributed by atoms with E-state index in [0.29, 0.717) is 0 Å². The van der Waals surface area contributed by atoms with Crippen molar-refractivity contribution in [3.8, 4) is 11.5 Å². The Balaban J connectivity index is 1.74. The molecule has 1 aliphatic carbocycles. The number of methoxy groups -OCH3 is 2. The Kier molecular flexibility index (Phi) is 4.32. The van der Waals surface area contributed by atoms with Crippen molar-refractivity contribution in [2.24, 2.45) is 5.92 Å². The summed E-state index contributed by atoms with van der Waals surface area (Å²) >= 11 is 0. The number of benzene rings is 1. The Hall–Kier alpha value is -1.71. The molecule has 3 rings (SSSR count). The highest BCUT2D eigenvalue weighted by Crippen LogP contribution is 2.32. The first kappa shape index (κ1) is 14.2. The smallest absolute Gasteiger partial charge is 0.163 e. The summed E-state index contributed by atoms with van der Waals surface area (Å²) in [5.41, 5.74) is 1.97. The molecule has 1 aromatic carbocycles. The van der Waals surface area contributed by atoms with E-state index in [2.05, 4.69) is 4.98 Å². The maximum Gasteiger partial charge on any atom is 0.163 e. The Morgan fingerprint density at radius 3 is 2.52 bits per heavy atom. The van der Waals surface area contributed by atoms with Gasteiger partial charge in [0.05, 0.1) is 25.3 Å². The van der Waals surface area contributed by atoms with Crippen LogP contribution in [0.15, 0.2) is 12.1 Å². The topological polar surface area (TPSA) is 47.1 Å². The molecule has 114 valence electrons. The monoisotopic (exact) mass is 288 g/mol. The van der Waals surface area contributed by atoms with Crippen LogP contribution in [-0.2, 0) is 6.42 Å². The number of nitrogens with one attached hydrogen (secondary N) is 1. The first-order valence-corrected chi connectivity index (χ1v) is 7.90. The maximum absolute atomic E-state index is 5.34. The molecule has 0 aliphatic heterocycles. The lowest BCUT2D eigenvalue weighted by atomic mass is 9.86. The third kappa shape index (κ3) is 3.14. The van der Waals surface area contributed by atoms with Gasteiger partial charge in [0.2, 0.25) is 0 Å². The number of aromatic amines is 1. The van der Waals surface area contributed by atoms with E-state index >= 15 is 0 Å². The molecule has 0 bridgehead atoms. The van der Waals surface area contributed by atoms with Crippen LogP contribution in [0, 0.1) is 5.92 Å². The molecule has 1 heterocycles. The number of imidazole rings is 1. The second-order valence-electron chi connectivity index (χ2n) is 5.95. The molecule has 4 heteroatoms. The van der Waals surface area contributed by atoms with Crippen molar-refractivity contribution in [3.05, 3.63) is 18.0 Å². The lowest BCUT2D eigenvalue weighted by Gasteiger charge is -2.20. The molecule has 0 atom stereocenters. The summed E-state index contributed by atoms with van der Waals surface area (Å²) in [6, 6.07) is 3.90. The van der Waals surface area contributed by atoms with Gasteiger partial charge in [-0.15, -0.1) is 0 Å². The van der Waals surface area contributed by atoms with Crippen LogP contribution in [0.1, 0.15) is 44.3 Å². The number of nitrogens with zero attached hydrogens (tertiary/aromatic N) is 1. The van der Waals surface area contributed by atoms with Crippen LogP contribution in [0.5, 0.6) is 11.5 Å². The number of ether oxygens (including phenoxy) is 2. The molecule has 4 nitrogen and oxygen atoms in total. The summed E-state index contributed by atoms with van der Waals surface area (Å²) in [6.07, 6.45) is 9.28. The summed E-state index contributed by atoms with van der Waals surface area (Å²) < 4.78 is 10.7. The first-order chi connectivity index (χ1) is 10.3. The largest absolute Gasteiger partial charge is 0.493 e. The van der Waals surface area contributed by atoms with Crippen molar-refractivity contribution in [1.29, 1.82) is 0 Å². The van der Waals surface area contributed by atoms with Gasteiger partial charge in [0.25, 0.3) is 0 Å². The highest BCUT2D eigenvalue weighted by Gasteiger charge is 2.15. The van der Waals surface area contributed by atoms with Crippen LogP contribution in [-0.4, -0.2) is 24.2 Å². The van der Waals surface area contributed by atoms with Crippen LogP contribution in [0.25, 0.3) is 11.0 Å². The molecule has 1 aliphatic rings. The van der Waals surface area contributed by atoms with E-state index in [1.54, 1.807) is 14.2 Å². The summed E-state index contributed by atoms with van der Waals surface area (Å²) in [4.78, 5) is 8.10. The third-order valence-corrected chi connectivity index (χ3v) is 4.55. The minimum absolute atomic E-state index is 0.732. The van der Waals surface area contributed by atoms with Crippen molar-refractivity contribution in [2.75, 3.05) is 14.2 Å². The van der Waals surface area contributed by atoms with Crippen LogP contribution in [0.2, 0.25) is 0 Å². The van der Waals surface area contributed by atoms with Gasteiger partial charge < -0.3 is 14.5 Å². The summed E-state index contributed by atoms with van der Waals surface area (Å²) in [6.45, 7) is 0. The minimum Gasteiger partial charge on any atom is -0.493 e. The van der Waals surface area contributed by atoms with Gasteiger partial charge in [0.1, 0.15) is 5.82 Å². The highest BCUT2D eigenvalue weighted by molar-refractivity contribution is 5.79. The average Bonchev–Trinajstić information content (AvgIpc) is 2.94. The molecule has 1 N–H and O–H groups in total. The van der Waals surface area contributed by atoms with Gasteiger partial charge in [-0.2, -0.15) is 0 Å². The second-order valence-corrected chi connectivity index (χ2v) is 5.95. The van der Waals surface area contributed by atoms with Gasteiger partial charge in [0.15, 0.2) is 11.5 Å². The van der Waals surface area contributed by atoms with E-state index in [4.69, 9.17) is 14.5 Å². The Morgan fingerprint density at radius 1 is 1.10 bits per heavy atom. The van der Waals surface area contributed by atoms with Crippen LogP contribution in [0.3, 0.4) is 0 Å². The number of hydrogen-bond donors (Lipinski definition) is 1. The van der Waals surface area contributed by atoms with E-state index in [9.17, 15) is 0 Å².